The SMILES string of the molecule is CCCCCCCCCCCCCCCCCC(=O)OCC(CO[PH](=O)O)OC(=O)CCCCCCCCCCCCCCCCC. The molecule has 7 nitrogen and oxygen atoms in total. The zero-order valence-electron chi connectivity index (χ0n) is 31.0. The molecule has 0 saturated heterocycles. The summed E-state index contributed by atoms with van der Waals surface area (Å²) in [6, 6.07) is 0. The van der Waals surface area contributed by atoms with Crippen LogP contribution in [0.15, 0.2) is 0 Å². The number of hydrogen-bond donors (Lipinski definition) is 1. The molecule has 2 atom stereocenters. The Morgan fingerprint density at radius 2 is 0.766 bits per heavy atom. The van der Waals surface area contributed by atoms with E-state index in [2.05, 4.69) is 13.8 Å². The van der Waals surface area contributed by atoms with Gasteiger partial charge in [0.15, 0.2) is 6.10 Å². The van der Waals surface area contributed by atoms with Crippen molar-refractivity contribution in [2.75, 3.05) is 13.2 Å². The summed E-state index contributed by atoms with van der Waals surface area (Å²) in [7, 11) is -3.16. The second kappa shape index (κ2) is 37.9. The molecule has 0 amide bonds. The van der Waals surface area contributed by atoms with Crippen molar-refractivity contribution in [1.29, 1.82) is 0 Å². The monoisotopic (exact) mass is 689 g/mol. The van der Waals surface area contributed by atoms with E-state index in [1.54, 1.807) is 0 Å². The Hall–Kier alpha value is -0.910. The Kier molecular flexibility index (Phi) is 37.2. The molecule has 0 spiro atoms. The average Bonchev–Trinajstić information content (AvgIpc) is 3.05. The van der Waals surface area contributed by atoms with Crippen LogP contribution in [-0.4, -0.2) is 36.1 Å². The van der Waals surface area contributed by atoms with Crippen LogP contribution in [0.4, 0.5) is 0 Å². The van der Waals surface area contributed by atoms with E-state index in [9.17, 15) is 14.2 Å². The number of rotatable bonds is 38. The third-order valence-corrected chi connectivity index (χ3v) is 9.50. The molecule has 1 N–H and O–H groups in total. The first-order valence-electron chi connectivity index (χ1n) is 20.2. The molecule has 8 heteroatoms. The van der Waals surface area contributed by atoms with Gasteiger partial charge in [0.2, 0.25) is 0 Å². The fraction of sp³-hybridized carbons (Fsp3) is 0.949. The summed E-state index contributed by atoms with van der Waals surface area (Å²) in [6.07, 6.45) is 37.7. The topological polar surface area (TPSA) is 99.1 Å². The molecule has 47 heavy (non-hydrogen) atoms. The molecular weight excluding hydrogens is 611 g/mol. The molecule has 0 fully saturated rings. The Morgan fingerprint density at radius 3 is 1.09 bits per heavy atom. The predicted molar refractivity (Wildman–Crippen MR) is 197 cm³/mol. The van der Waals surface area contributed by atoms with Crippen LogP contribution in [0, 0.1) is 0 Å². The molecular formula is C39H77O7P. The van der Waals surface area contributed by atoms with Crippen LogP contribution in [0.5, 0.6) is 0 Å². The molecule has 0 saturated carbocycles. The van der Waals surface area contributed by atoms with E-state index in [0.717, 1.165) is 38.5 Å². The largest absolute Gasteiger partial charge is 0.462 e. The van der Waals surface area contributed by atoms with E-state index in [1.807, 2.05) is 0 Å². The standard InChI is InChI=1S/C39H77O7P/c1-3-5-7-9-11-13-15-17-19-21-23-25-27-29-31-33-38(40)44-35-37(36-45-47(42)43)46-39(41)34-32-30-28-26-24-22-20-18-16-14-12-10-8-6-4-2/h37,47H,3-36H2,1-2H3,(H,42,43). The van der Waals surface area contributed by atoms with Crippen LogP contribution in [-0.2, 0) is 28.2 Å². The molecule has 0 aromatic heterocycles. The van der Waals surface area contributed by atoms with Gasteiger partial charge in [-0.2, -0.15) is 0 Å². The molecule has 0 aliphatic carbocycles. The van der Waals surface area contributed by atoms with Gasteiger partial charge in [0, 0.05) is 12.8 Å². The van der Waals surface area contributed by atoms with Crippen molar-refractivity contribution in [3.05, 3.63) is 0 Å². The molecule has 0 aromatic rings. The van der Waals surface area contributed by atoms with Crippen LogP contribution >= 0.6 is 8.25 Å². The van der Waals surface area contributed by atoms with Crippen LogP contribution in [0.3, 0.4) is 0 Å². The van der Waals surface area contributed by atoms with E-state index in [1.165, 1.54) is 154 Å². The van der Waals surface area contributed by atoms with Gasteiger partial charge in [0.25, 0.3) is 0 Å². The third kappa shape index (κ3) is 37.8. The minimum absolute atomic E-state index is 0.155. The van der Waals surface area contributed by atoms with Gasteiger partial charge in [0.05, 0.1) is 6.61 Å². The summed E-state index contributed by atoms with van der Waals surface area (Å²) in [5.74, 6) is -0.718. The fourth-order valence-electron chi connectivity index (χ4n) is 6.06. The van der Waals surface area contributed by atoms with Gasteiger partial charge in [-0.25, -0.2) is 0 Å². The summed E-state index contributed by atoms with van der Waals surface area (Å²) in [6.45, 7) is 4.11. The lowest BCUT2D eigenvalue weighted by atomic mass is 10.0. The smallest absolute Gasteiger partial charge is 0.316 e. The zero-order chi connectivity index (χ0) is 34.5. The Balaban J connectivity index is 3.78. The van der Waals surface area contributed by atoms with Crippen LogP contribution in [0.25, 0.3) is 0 Å². The van der Waals surface area contributed by atoms with Crippen molar-refractivity contribution in [3.8, 4) is 0 Å². The Labute approximate surface area is 291 Å². The third-order valence-electron chi connectivity index (χ3n) is 9.09. The molecule has 0 rings (SSSR count). The van der Waals surface area contributed by atoms with Gasteiger partial charge >= 0.3 is 20.2 Å². The van der Waals surface area contributed by atoms with E-state index in [4.69, 9.17) is 18.9 Å². The van der Waals surface area contributed by atoms with Crippen molar-refractivity contribution in [3.63, 3.8) is 0 Å². The zero-order valence-corrected chi connectivity index (χ0v) is 32.0. The van der Waals surface area contributed by atoms with Crippen LogP contribution < -0.4 is 0 Å². The maximum absolute atomic E-state index is 12.4. The van der Waals surface area contributed by atoms with Crippen LogP contribution in [0.2, 0.25) is 0 Å². The number of carbonyl (C=O) groups is 2. The second-order valence-corrected chi connectivity index (χ2v) is 14.6. The van der Waals surface area contributed by atoms with Gasteiger partial charge in [-0.1, -0.05) is 194 Å². The van der Waals surface area contributed by atoms with E-state index in [-0.39, 0.29) is 31.6 Å². The highest BCUT2D eigenvalue weighted by Gasteiger charge is 2.18. The van der Waals surface area contributed by atoms with Crippen molar-refractivity contribution in [2.24, 2.45) is 0 Å². The first-order valence-corrected chi connectivity index (χ1v) is 21.5. The van der Waals surface area contributed by atoms with E-state index < -0.39 is 14.4 Å². The molecule has 0 aromatic carbocycles. The second-order valence-electron chi connectivity index (χ2n) is 13.8. The molecule has 0 bridgehead atoms. The summed E-state index contributed by atoms with van der Waals surface area (Å²) in [5, 5.41) is 0. The van der Waals surface area contributed by atoms with Gasteiger partial charge in [-0.3, -0.25) is 14.2 Å². The fourth-order valence-corrected chi connectivity index (χ4v) is 6.39. The Bertz CT molecular complexity index is 703. The number of ether oxygens (including phenoxy) is 2. The van der Waals surface area contributed by atoms with E-state index >= 15 is 0 Å². The molecule has 0 aliphatic heterocycles. The number of unbranched alkanes of at least 4 members (excludes halogenated alkanes) is 28. The lowest BCUT2D eigenvalue weighted by Gasteiger charge is -2.17. The van der Waals surface area contributed by atoms with Gasteiger partial charge in [0.1, 0.15) is 6.61 Å². The summed E-state index contributed by atoms with van der Waals surface area (Å²) >= 11 is 0. The van der Waals surface area contributed by atoms with Gasteiger partial charge in [-0.05, 0) is 12.8 Å². The highest BCUT2D eigenvalue weighted by atomic mass is 31.1. The number of esters is 2. The van der Waals surface area contributed by atoms with Crippen LogP contribution in [0.1, 0.15) is 219 Å². The summed E-state index contributed by atoms with van der Waals surface area (Å²) in [5.41, 5.74) is 0. The predicted octanol–water partition coefficient (Wildman–Crippen LogP) is 12.4. The molecule has 0 radical (unpaired) electrons. The first kappa shape index (κ1) is 46.1. The van der Waals surface area contributed by atoms with Crippen molar-refractivity contribution in [2.45, 2.75) is 225 Å². The normalized spacial score (nSPS) is 12.7. The minimum Gasteiger partial charge on any atom is -0.462 e. The minimum atomic E-state index is -3.16. The molecule has 0 aliphatic rings. The quantitative estimate of drug-likeness (QED) is 0.0391. The maximum atomic E-state index is 12.4. The number of hydrogen-bond acceptors (Lipinski definition) is 6. The van der Waals surface area contributed by atoms with Gasteiger partial charge < -0.3 is 18.9 Å². The molecule has 280 valence electrons. The molecule has 2 unspecified atom stereocenters. The lowest BCUT2D eigenvalue weighted by Crippen LogP contribution is -2.29. The van der Waals surface area contributed by atoms with Crippen molar-refractivity contribution >= 4 is 20.2 Å². The lowest BCUT2D eigenvalue weighted by molar-refractivity contribution is -0.161. The number of carbonyl (C=O) groups excluding carboxylic acids is 2. The highest BCUT2D eigenvalue weighted by molar-refractivity contribution is 7.32. The van der Waals surface area contributed by atoms with Crippen molar-refractivity contribution in [1.82, 2.24) is 0 Å². The van der Waals surface area contributed by atoms with Crippen molar-refractivity contribution < 1.29 is 33.0 Å². The Morgan fingerprint density at radius 1 is 0.468 bits per heavy atom. The maximum Gasteiger partial charge on any atom is 0.316 e. The average molecular weight is 689 g/mol. The summed E-state index contributed by atoms with van der Waals surface area (Å²) in [4.78, 5) is 33.6. The van der Waals surface area contributed by atoms with Gasteiger partial charge in [-0.15, -0.1) is 0 Å². The summed E-state index contributed by atoms with van der Waals surface area (Å²) < 4.78 is 26.6. The first-order chi connectivity index (χ1) is 23.0. The van der Waals surface area contributed by atoms with E-state index in [0.29, 0.717) is 6.42 Å². The molecule has 0 heterocycles. The highest BCUT2D eigenvalue weighted by Crippen LogP contribution is 2.18.